The molecule has 0 aliphatic heterocycles. The summed E-state index contributed by atoms with van der Waals surface area (Å²) in [5.74, 6) is -1.41. The summed E-state index contributed by atoms with van der Waals surface area (Å²) in [5, 5.41) is 11.9. The molecule has 20 heavy (non-hydrogen) atoms. The minimum Gasteiger partial charge on any atom is -0.508 e. The number of aryl methyl sites for hydroxylation is 2. The molecular formula is C15H16FNO2S. The predicted octanol–water partition coefficient (Wildman–Crippen LogP) is 3.70. The summed E-state index contributed by atoms with van der Waals surface area (Å²) in [6.45, 7) is 5.87. The van der Waals surface area contributed by atoms with Crippen molar-refractivity contribution < 1.29 is 14.3 Å². The van der Waals surface area contributed by atoms with Gasteiger partial charge >= 0.3 is 0 Å². The average molecular weight is 293 g/mol. The third kappa shape index (κ3) is 2.99. The molecule has 2 rings (SSSR count). The van der Waals surface area contributed by atoms with Crippen LogP contribution in [0.5, 0.6) is 5.75 Å². The summed E-state index contributed by atoms with van der Waals surface area (Å²) in [6.07, 6.45) is 0. The number of aromatic hydroxyl groups is 1. The number of phenolic OH excluding ortho intramolecular Hbond substituents is 1. The monoisotopic (exact) mass is 293 g/mol. The van der Waals surface area contributed by atoms with Crippen molar-refractivity contribution in [2.45, 2.75) is 26.8 Å². The van der Waals surface area contributed by atoms with Crippen LogP contribution in [0.25, 0.3) is 0 Å². The molecule has 106 valence electrons. The molecule has 0 saturated heterocycles. The van der Waals surface area contributed by atoms with Gasteiger partial charge in [0.05, 0.1) is 11.6 Å². The van der Waals surface area contributed by atoms with Crippen LogP contribution in [0.4, 0.5) is 4.39 Å². The van der Waals surface area contributed by atoms with Crippen LogP contribution in [0.2, 0.25) is 0 Å². The van der Waals surface area contributed by atoms with E-state index < -0.39 is 11.7 Å². The maximum Gasteiger partial charge on any atom is 0.254 e. The summed E-state index contributed by atoms with van der Waals surface area (Å²) in [5.41, 5.74) is 0.972. The van der Waals surface area contributed by atoms with Gasteiger partial charge in [0.25, 0.3) is 5.91 Å². The molecule has 0 bridgehead atoms. The first-order valence-electron chi connectivity index (χ1n) is 6.25. The van der Waals surface area contributed by atoms with Gasteiger partial charge in [-0.15, -0.1) is 11.3 Å². The lowest BCUT2D eigenvalue weighted by molar-refractivity contribution is 0.0936. The molecule has 1 amide bonds. The van der Waals surface area contributed by atoms with Gasteiger partial charge in [0, 0.05) is 15.8 Å². The zero-order valence-electron chi connectivity index (χ0n) is 11.5. The molecule has 1 heterocycles. The number of phenols is 1. The van der Waals surface area contributed by atoms with Crippen molar-refractivity contribution in [3.05, 3.63) is 51.0 Å². The summed E-state index contributed by atoms with van der Waals surface area (Å²) in [4.78, 5) is 14.4. The molecule has 0 spiro atoms. The van der Waals surface area contributed by atoms with Crippen molar-refractivity contribution in [1.82, 2.24) is 5.32 Å². The Morgan fingerprint density at radius 1 is 1.35 bits per heavy atom. The van der Waals surface area contributed by atoms with Crippen molar-refractivity contribution in [3.8, 4) is 5.75 Å². The molecule has 1 atom stereocenters. The average Bonchev–Trinajstić information content (AvgIpc) is 2.68. The molecule has 0 aliphatic carbocycles. The topological polar surface area (TPSA) is 49.3 Å². The van der Waals surface area contributed by atoms with Crippen LogP contribution in [-0.2, 0) is 0 Å². The van der Waals surface area contributed by atoms with Crippen molar-refractivity contribution in [3.63, 3.8) is 0 Å². The van der Waals surface area contributed by atoms with Crippen LogP contribution in [0.3, 0.4) is 0 Å². The van der Waals surface area contributed by atoms with Crippen LogP contribution in [0.15, 0.2) is 24.3 Å². The Kier molecular flexibility index (Phi) is 4.09. The molecule has 0 aliphatic rings. The van der Waals surface area contributed by atoms with Crippen molar-refractivity contribution >= 4 is 17.2 Å². The highest BCUT2D eigenvalue weighted by atomic mass is 32.1. The van der Waals surface area contributed by atoms with Crippen molar-refractivity contribution in [2.24, 2.45) is 0 Å². The Morgan fingerprint density at radius 2 is 2.05 bits per heavy atom. The Labute approximate surface area is 121 Å². The van der Waals surface area contributed by atoms with Gasteiger partial charge < -0.3 is 10.4 Å². The molecule has 1 aromatic carbocycles. The number of halogens is 1. The third-order valence-corrected chi connectivity index (χ3v) is 4.07. The lowest BCUT2D eigenvalue weighted by Gasteiger charge is -2.14. The highest BCUT2D eigenvalue weighted by Crippen LogP contribution is 2.26. The van der Waals surface area contributed by atoms with Crippen molar-refractivity contribution in [1.29, 1.82) is 0 Å². The van der Waals surface area contributed by atoms with E-state index in [9.17, 15) is 9.18 Å². The first kappa shape index (κ1) is 14.5. The second-order valence-electron chi connectivity index (χ2n) is 4.73. The fourth-order valence-electron chi connectivity index (χ4n) is 2.12. The number of carbonyl (C=O) groups is 1. The highest BCUT2D eigenvalue weighted by Gasteiger charge is 2.17. The van der Waals surface area contributed by atoms with Crippen LogP contribution in [0.1, 0.15) is 38.6 Å². The minimum absolute atomic E-state index is 0.0701. The molecule has 1 aromatic heterocycles. The van der Waals surface area contributed by atoms with E-state index in [2.05, 4.69) is 5.32 Å². The van der Waals surface area contributed by atoms with Crippen LogP contribution < -0.4 is 5.32 Å². The Balaban J connectivity index is 2.17. The van der Waals surface area contributed by atoms with Gasteiger partial charge in [0.2, 0.25) is 0 Å². The number of hydrogen-bond donors (Lipinski definition) is 2. The van der Waals surface area contributed by atoms with Crippen LogP contribution in [-0.4, -0.2) is 11.0 Å². The van der Waals surface area contributed by atoms with Gasteiger partial charge in [0.15, 0.2) is 0 Å². The number of hydrogen-bond acceptors (Lipinski definition) is 3. The Bertz CT molecular complexity index is 651. The van der Waals surface area contributed by atoms with E-state index >= 15 is 0 Å². The van der Waals surface area contributed by atoms with E-state index in [1.807, 2.05) is 26.8 Å². The number of thiophene rings is 1. The van der Waals surface area contributed by atoms with Crippen LogP contribution >= 0.6 is 11.3 Å². The fraction of sp³-hybridized carbons (Fsp3) is 0.267. The zero-order valence-corrected chi connectivity index (χ0v) is 12.3. The smallest absolute Gasteiger partial charge is 0.254 e. The molecule has 1 unspecified atom stereocenters. The first-order valence-corrected chi connectivity index (χ1v) is 7.06. The second-order valence-corrected chi connectivity index (χ2v) is 6.19. The van der Waals surface area contributed by atoms with Gasteiger partial charge in [-0.05, 0) is 44.5 Å². The normalized spacial score (nSPS) is 12.2. The lowest BCUT2D eigenvalue weighted by Crippen LogP contribution is -2.27. The number of benzene rings is 1. The number of nitrogens with one attached hydrogen (secondary N) is 1. The first-order chi connectivity index (χ1) is 9.38. The number of carbonyl (C=O) groups excluding carboxylic acids is 1. The third-order valence-electron chi connectivity index (χ3n) is 3.09. The number of amides is 1. The Morgan fingerprint density at radius 3 is 2.60 bits per heavy atom. The maximum atomic E-state index is 13.6. The molecule has 0 saturated carbocycles. The largest absolute Gasteiger partial charge is 0.508 e. The highest BCUT2D eigenvalue weighted by molar-refractivity contribution is 7.12. The van der Waals surface area contributed by atoms with Gasteiger partial charge in [-0.3, -0.25) is 4.79 Å². The van der Waals surface area contributed by atoms with E-state index in [-0.39, 0.29) is 17.4 Å². The van der Waals surface area contributed by atoms with Gasteiger partial charge in [0.1, 0.15) is 11.6 Å². The second kappa shape index (κ2) is 5.63. The van der Waals surface area contributed by atoms with Crippen molar-refractivity contribution in [2.75, 3.05) is 0 Å². The molecule has 5 heteroatoms. The summed E-state index contributed by atoms with van der Waals surface area (Å²) >= 11 is 1.67. The fourth-order valence-corrected chi connectivity index (χ4v) is 3.14. The van der Waals surface area contributed by atoms with E-state index in [1.54, 1.807) is 11.3 Å². The van der Waals surface area contributed by atoms with Gasteiger partial charge in [-0.25, -0.2) is 4.39 Å². The van der Waals surface area contributed by atoms with Gasteiger partial charge in [-0.1, -0.05) is 0 Å². The Hall–Kier alpha value is -1.88. The zero-order chi connectivity index (χ0) is 14.9. The molecule has 0 fully saturated rings. The van der Waals surface area contributed by atoms with E-state index in [1.165, 1.54) is 17.0 Å². The van der Waals surface area contributed by atoms with Gasteiger partial charge in [-0.2, -0.15) is 0 Å². The molecule has 3 nitrogen and oxygen atoms in total. The standard InChI is InChI=1S/C15H16FNO2S/c1-8-6-13(10(3)20-8)9(2)17-15(19)12-5-4-11(18)7-14(12)16/h4-7,9,18H,1-3H3,(H,17,19). The van der Waals surface area contributed by atoms with E-state index in [0.29, 0.717) is 0 Å². The maximum absolute atomic E-state index is 13.6. The quantitative estimate of drug-likeness (QED) is 0.906. The minimum atomic E-state index is -0.729. The summed E-state index contributed by atoms with van der Waals surface area (Å²) < 4.78 is 13.6. The lowest BCUT2D eigenvalue weighted by atomic mass is 10.1. The summed E-state index contributed by atoms with van der Waals surface area (Å²) in [7, 11) is 0. The van der Waals surface area contributed by atoms with E-state index in [0.717, 1.165) is 16.5 Å². The molecule has 2 N–H and O–H groups in total. The number of rotatable bonds is 3. The predicted molar refractivity (Wildman–Crippen MR) is 77.7 cm³/mol. The summed E-state index contributed by atoms with van der Waals surface area (Å²) in [6, 6.07) is 5.33. The van der Waals surface area contributed by atoms with E-state index in [4.69, 9.17) is 5.11 Å². The molecule has 2 aromatic rings. The van der Waals surface area contributed by atoms with Crippen LogP contribution in [0, 0.1) is 19.7 Å². The SMILES string of the molecule is Cc1cc(C(C)NC(=O)c2ccc(O)cc2F)c(C)s1. The molecular weight excluding hydrogens is 277 g/mol. The molecule has 0 radical (unpaired) electrons.